The smallest absolute Gasteiger partial charge is 0.208 e. The SMILES string of the molecule is Oc1c(O)c(O)c(-c2c3ccccc3c(-c3ccc(-c4ccc5ccc6cccc7ccc4c5c67)cc3)c3ccccc23)c(O)c1O. The van der Waals surface area contributed by atoms with E-state index in [-0.39, 0.29) is 5.56 Å². The molecule has 5 nitrogen and oxygen atoms in total. The molecule has 0 unspecified atom stereocenters. The molecule has 0 saturated carbocycles. The van der Waals surface area contributed by atoms with Gasteiger partial charge in [-0.25, -0.2) is 0 Å². The Morgan fingerprint density at radius 3 is 1.30 bits per heavy atom. The molecule has 0 atom stereocenters. The van der Waals surface area contributed by atoms with Crippen LogP contribution in [0.25, 0.3) is 87.2 Å². The van der Waals surface area contributed by atoms with E-state index in [9.17, 15) is 25.5 Å². The molecule has 0 fully saturated rings. The molecule has 0 amide bonds. The van der Waals surface area contributed by atoms with Gasteiger partial charge in [0, 0.05) is 5.56 Å². The Kier molecular flexibility index (Phi) is 5.59. The molecule has 0 bridgehead atoms. The Bertz CT molecular complexity index is 2620. The Morgan fingerprint density at radius 2 is 0.723 bits per heavy atom. The van der Waals surface area contributed by atoms with E-state index in [0.29, 0.717) is 16.3 Å². The van der Waals surface area contributed by atoms with Crippen molar-refractivity contribution in [3.8, 4) is 62.1 Å². The molecule has 0 aliphatic carbocycles. The van der Waals surface area contributed by atoms with E-state index in [1.807, 2.05) is 48.5 Å². The summed E-state index contributed by atoms with van der Waals surface area (Å²) in [6, 6.07) is 43.4. The van der Waals surface area contributed by atoms with Crippen LogP contribution in [-0.2, 0) is 0 Å². The second-order valence-electron chi connectivity index (χ2n) is 12.0. The lowest BCUT2D eigenvalue weighted by molar-refractivity contribution is 0.330. The molecule has 224 valence electrons. The average molecular weight is 611 g/mol. The van der Waals surface area contributed by atoms with Crippen LogP contribution >= 0.6 is 0 Å². The quantitative estimate of drug-likeness (QED) is 0.0593. The monoisotopic (exact) mass is 610 g/mol. The second kappa shape index (κ2) is 9.77. The fraction of sp³-hybridized carbons (Fsp3) is 0. The van der Waals surface area contributed by atoms with Gasteiger partial charge in [-0.05, 0) is 76.1 Å². The molecule has 0 aliphatic rings. The highest BCUT2D eigenvalue weighted by molar-refractivity contribution is 6.26. The van der Waals surface area contributed by atoms with Crippen LogP contribution in [0.5, 0.6) is 28.7 Å². The van der Waals surface area contributed by atoms with Gasteiger partial charge in [0.05, 0.1) is 5.56 Å². The summed E-state index contributed by atoms with van der Waals surface area (Å²) in [5.74, 6) is -4.25. The van der Waals surface area contributed by atoms with Crippen LogP contribution in [-0.4, -0.2) is 25.5 Å². The van der Waals surface area contributed by atoms with Gasteiger partial charge in [0.1, 0.15) is 0 Å². The van der Waals surface area contributed by atoms with Crippen molar-refractivity contribution in [3.63, 3.8) is 0 Å². The number of rotatable bonds is 3. The van der Waals surface area contributed by atoms with Crippen molar-refractivity contribution in [2.75, 3.05) is 0 Å². The molecular formula is C42H26O5. The van der Waals surface area contributed by atoms with Crippen LogP contribution in [0.3, 0.4) is 0 Å². The van der Waals surface area contributed by atoms with Crippen LogP contribution in [0.15, 0.2) is 127 Å². The van der Waals surface area contributed by atoms with Crippen molar-refractivity contribution in [2.24, 2.45) is 0 Å². The first kappa shape index (κ1) is 26.9. The third-order valence-electron chi connectivity index (χ3n) is 9.57. The molecule has 0 aromatic heterocycles. The number of hydrogen-bond acceptors (Lipinski definition) is 5. The molecular weight excluding hydrogens is 584 g/mol. The lowest BCUT2D eigenvalue weighted by Crippen LogP contribution is -1.92. The number of phenols is 5. The molecule has 5 N–H and O–H groups in total. The van der Waals surface area contributed by atoms with Crippen molar-refractivity contribution in [3.05, 3.63) is 127 Å². The van der Waals surface area contributed by atoms with Gasteiger partial charge < -0.3 is 25.5 Å². The van der Waals surface area contributed by atoms with Crippen LogP contribution in [0.2, 0.25) is 0 Å². The standard InChI is InChI=1S/C42H26O5/c43-38-37(39(44)41(46)42(47)40(38)45)36-30-10-3-1-8-28(30)34(29-9-2-4-11-31(29)36)25-14-12-22(13-15-25)27-20-18-26-17-16-23-6-5-7-24-19-21-32(27)35(26)33(23)24/h1-21,43-47H. The van der Waals surface area contributed by atoms with Crippen molar-refractivity contribution in [1.29, 1.82) is 0 Å². The Morgan fingerprint density at radius 1 is 0.277 bits per heavy atom. The molecule has 9 aromatic rings. The first-order valence-corrected chi connectivity index (χ1v) is 15.3. The van der Waals surface area contributed by atoms with Gasteiger partial charge in [0.2, 0.25) is 17.2 Å². The van der Waals surface area contributed by atoms with Gasteiger partial charge in [-0.2, -0.15) is 0 Å². The summed E-state index contributed by atoms with van der Waals surface area (Å²) in [5, 5.41) is 63.4. The summed E-state index contributed by atoms with van der Waals surface area (Å²) in [7, 11) is 0. The van der Waals surface area contributed by atoms with E-state index in [2.05, 4.69) is 78.9 Å². The second-order valence-corrected chi connectivity index (χ2v) is 12.0. The lowest BCUT2D eigenvalue weighted by atomic mass is 9.84. The first-order chi connectivity index (χ1) is 22.9. The molecule has 5 heteroatoms. The number of hydrogen-bond donors (Lipinski definition) is 5. The molecule has 9 rings (SSSR count). The Labute approximate surface area is 268 Å². The van der Waals surface area contributed by atoms with E-state index in [1.54, 1.807) is 0 Å². The van der Waals surface area contributed by atoms with Crippen molar-refractivity contribution >= 4 is 53.9 Å². The summed E-state index contributed by atoms with van der Waals surface area (Å²) in [4.78, 5) is 0. The predicted octanol–water partition coefficient (Wildman–Crippen LogP) is 10.4. The zero-order valence-corrected chi connectivity index (χ0v) is 24.9. The maximum atomic E-state index is 11.0. The average Bonchev–Trinajstić information content (AvgIpc) is 3.12. The summed E-state index contributed by atoms with van der Waals surface area (Å²) >= 11 is 0. The highest BCUT2D eigenvalue weighted by Gasteiger charge is 2.28. The number of fused-ring (bicyclic) bond motifs is 2. The molecule has 9 aromatic carbocycles. The summed E-state index contributed by atoms with van der Waals surface area (Å²) in [6.45, 7) is 0. The third-order valence-corrected chi connectivity index (χ3v) is 9.57. The predicted molar refractivity (Wildman–Crippen MR) is 190 cm³/mol. The van der Waals surface area contributed by atoms with Crippen molar-refractivity contribution in [1.82, 2.24) is 0 Å². The van der Waals surface area contributed by atoms with Crippen LogP contribution in [0.4, 0.5) is 0 Å². The number of benzene rings is 9. The molecule has 47 heavy (non-hydrogen) atoms. The van der Waals surface area contributed by atoms with E-state index in [0.717, 1.165) is 33.0 Å². The fourth-order valence-electron chi connectivity index (χ4n) is 7.43. The summed E-state index contributed by atoms with van der Waals surface area (Å²) in [5.41, 5.74) is 4.46. The van der Waals surface area contributed by atoms with Gasteiger partial charge in [0.15, 0.2) is 11.5 Å². The highest BCUT2D eigenvalue weighted by atomic mass is 16.4. The topological polar surface area (TPSA) is 101 Å². The first-order valence-electron chi connectivity index (χ1n) is 15.3. The number of aromatic hydroxyl groups is 5. The minimum absolute atomic E-state index is 0.166. The third kappa shape index (κ3) is 3.71. The van der Waals surface area contributed by atoms with Gasteiger partial charge >= 0.3 is 0 Å². The van der Waals surface area contributed by atoms with Gasteiger partial charge in [-0.3, -0.25) is 0 Å². The van der Waals surface area contributed by atoms with E-state index < -0.39 is 28.7 Å². The largest absolute Gasteiger partial charge is 0.504 e. The van der Waals surface area contributed by atoms with E-state index >= 15 is 0 Å². The Hall–Kier alpha value is -6.46. The maximum absolute atomic E-state index is 11.0. The highest BCUT2D eigenvalue weighted by Crippen LogP contribution is 2.57. The maximum Gasteiger partial charge on any atom is 0.208 e. The lowest BCUT2D eigenvalue weighted by Gasteiger charge is -2.20. The zero-order chi connectivity index (χ0) is 32.0. The molecule has 0 saturated heterocycles. The molecule has 0 aliphatic heterocycles. The van der Waals surface area contributed by atoms with Gasteiger partial charge in [-0.1, -0.05) is 127 Å². The van der Waals surface area contributed by atoms with Gasteiger partial charge in [0.25, 0.3) is 0 Å². The van der Waals surface area contributed by atoms with Crippen molar-refractivity contribution in [2.45, 2.75) is 0 Å². The van der Waals surface area contributed by atoms with Crippen molar-refractivity contribution < 1.29 is 25.5 Å². The number of phenolic OH excluding ortho intramolecular Hbond substituents is 5. The van der Waals surface area contributed by atoms with Gasteiger partial charge in [-0.15, -0.1) is 0 Å². The zero-order valence-electron chi connectivity index (χ0n) is 24.9. The fourth-order valence-corrected chi connectivity index (χ4v) is 7.43. The van der Waals surface area contributed by atoms with Crippen LogP contribution < -0.4 is 0 Å². The summed E-state index contributed by atoms with van der Waals surface area (Å²) < 4.78 is 0. The minimum Gasteiger partial charge on any atom is -0.504 e. The van der Waals surface area contributed by atoms with Crippen LogP contribution in [0, 0.1) is 0 Å². The molecule has 0 spiro atoms. The minimum atomic E-state index is -0.987. The molecule has 0 heterocycles. The Balaban J connectivity index is 1.27. The van der Waals surface area contributed by atoms with E-state index in [1.165, 1.54) is 32.3 Å². The molecule has 0 radical (unpaired) electrons. The normalized spacial score (nSPS) is 11.8. The summed E-state index contributed by atoms with van der Waals surface area (Å²) in [6.07, 6.45) is 0. The van der Waals surface area contributed by atoms with E-state index in [4.69, 9.17) is 0 Å². The van der Waals surface area contributed by atoms with Crippen LogP contribution in [0.1, 0.15) is 0 Å².